The van der Waals surface area contributed by atoms with Crippen LogP contribution in [0.4, 0.5) is 19.0 Å². The predicted octanol–water partition coefficient (Wildman–Crippen LogP) is 3.74. The molecule has 0 atom stereocenters. The monoisotopic (exact) mass is 258 g/mol. The van der Waals surface area contributed by atoms with Gasteiger partial charge < -0.3 is 5.32 Å². The van der Waals surface area contributed by atoms with Crippen LogP contribution in [0.3, 0.4) is 0 Å². The van der Waals surface area contributed by atoms with Crippen molar-refractivity contribution >= 4 is 5.82 Å². The molecule has 1 aromatic heterocycles. The molecule has 0 radical (unpaired) electrons. The third kappa shape index (κ3) is 3.15. The second-order valence-electron chi connectivity index (χ2n) is 5.10. The molecule has 1 saturated carbocycles. The average Bonchev–Trinajstić information content (AvgIpc) is 2.34. The van der Waals surface area contributed by atoms with Gasteiger partial charge in [-0.05, 0) is 24.7 Å². The Balaban J connectivity index is 1.92. The van der Waals surface area contributed by atoms with E-state index in [9.17, 15) is 13.2 Å². The number of pyridine rings is 1. The van der Waals surface area contributed by atoms with Crippen molar-refractivity contribution in [2.75, 3.05) is 11.9 Å². The van der Waals surface area contributed by atoms with Gasteiger partial charge in [-0.1, -0.05) is 19.8 Å². The van der Waals surface area contributed by atoms with Gasteiger partial charge in [0.05, 0.1) is 0 Å². The molecule has 100 valence electrons. The molecule has 2 rings (SSSR count). The average molecular weight is 258 g/mol. The Morgan fingerprint density at radius 3 is 2.50 bits per heavy atom. The minimum absolute atomic E-state index is 0.201. The maximum atomic E-state index is 13.3. The van der Waals surface area contributed by atoms with Crippen LogP contribution >= 0.6 is 0 Å². The molecule has 2 nitrogen and oxygen atoms in total. The number of halogens is 3. The Morgan fingerprint density at radius 2 is 1.83 bits per heavy atom. The van der Waals surface area contributed by atoms with Crippen LogP contribution in [-0.2, 0) is 0 Å². The first-order chi connectivity index (χ1) is 8.56. The number of hydrogen-bond donors (Lipinski definition) is 1. The van der Waals surface area contributed by atoms with Crippen molar-refractivity contribution in [2.45, 2.75) is 32.6 Å². The molecule has 1 N–H and O–H groups in total. The predicted molar refractivity (Wildman–Crippen MR) is 63.7 cm³/mol. The summed E-state index contributed by atoms with van der Waals surface area (Å²) in [5, 5.41) is 2.77. The quantitative estimate of drug-likeness (QED) is 0.835. The molecule has 1 aliphatic carbocycles. The second kappa shape index (κ2) is 5.59. The fourth-order valence-corrected chi connectivity index (χ4v) is 2.34. The van der Waals surface area contributed by atoms with E-state index in [0.29, 0.717) is 18.5 Å². The summed E-state index contributed by atoms with van der Waals surface area (Å²) in [5.41, 5.74) is 0. The molecule has 5 heteroatoms. The van der Waals surface area contributed by atoms with Crippen LogP contribution in [0.5, 0.6) is 0 Å². The Bertz CT molecular complexity index is 415. The highest BCUT2D eigenvalue weighted by molar-refractivity contribution is 5.36. The van der Waals surface area contributed by atoms with Gasteiger partial charge in [-0.3, -0.25) is 0 Å². The first kappa shape index (κ1) is 13.2. The molecule has 1 aromatic rings. The number of hydrogen-bond acceptors (Lipinski definition) is 2. The number of rotatable bonds is 3. The zero-order valence-electron chi connectivity index (χ0n) is 10.3. The van der Waals surface area contributed by atoms with E-state index in [0.717, 1.165) is 18.8 Å². The van der Waals surface area contributed by atoms with Crippen molar-refractivity contribution in [2.24, 2.45) is 11.8 Å². The van der Waals surface area contributed by atoms with Gasteiger partial charge in [0, 0.05) is 12.6 Å². The van der Waals surface area contributed by atoms with Gasteiger partial charge in [-0.2, -0.15) is 9.37 Å². The lowest BCUT2D eigenvalue weighted by atomic mass is 9.83. The van der Waals surface area contributed by atoms with Crippen LogP contribution in [-0.4, -0.2) is 11.5 Å². The van der Waals surface area contributed by atoms with Crippen LogP contribution in [0.2, 0.25) is 0 Å². The fourth-order valence-electron chi connectivity index (χ4n) is 2.34. The first-order valence-corrected chi connectivity index (χ1v) is 6.31. The zero-order chi connectivity index (χ0) is 13.1. The van der Waals surface area contributed by atoms with E-state index in [4.69, 9.17) is 0 Å². The zero-order valence-corrected chi connectivity index (χ0v) is 10.3. The molecule has 18 heavy (non-hydrogen) atoms. The molecular weight excluding hydrogens is 241 g/mol. The molecule has 0 aromatic carbocycles. The summed E-state index contributed by atoms with van der Waals surface area (Å²) in [5.74, 6) is -2.37. The first-order valence-electron chi connectivity index (χ1n) is 6.31. The van der Waals surface area contributed by atoms with E-state index < -0.39 is 17.6 Å². The Kier molecular flexibility index (Phi) is 4.09. The van der Waals surface area contributed by atoms with Crippen molar-refractivity contribution in [3.63, 3.8) is 0 Å². The molecule has 0 spiro atoms. The maximum absolute atomic E-state index is 13.3. The third-order valence-electron chi connectivity index (χ3n) is 3.58. The Hall–Kier alpha value is -1.26. The number of nitrogens with one attached hydrogen (secondary N) is 1. The van der Waals surface area contributed by atoms with E-state index in [2.05, 4.69) is 17.2 Å². The summed E-state index contributed by atoms with van der Waals surface area (Å²) in [7, 11) is 0. The second-order valence-corrected chi connectivity index (χ2v) is 5.10. The molecule has 1 fully saturated rings. The SMILES string of the molecule is CC1CCC(CNc2nc(F)c(F)cc2F)CC1. The Morgan fingerprint density at radius 1 is 1.17 bits per heavy atom. The van der Waals surface area contributed by atoms with E-state index in [1.54, 1.807) is 0 Å². The smallest absolute Gasteiger partial charge is 0.251 e. The van der Waals surface area contributed by atoms with Gasteiger partial charge in [0.1, 0.15) is 0 Å². The van der Waals surface area contributed by atoms with Crippen LogP contribution in [0.15, 0.2) is 6.07 Å². The number of nitrogens with zero attached hydrogens (tertiary/aromatic N) is 1. The summed E-state index contributed by atoms with van der Waals surface area (Å²) in [6.45, 7) is 2.78. The normalized spacial score (nSPS) is 24.0. The largest absolute Gasteiger partial charge is 0.367 e. The number of anilines is 1. The van der Waals surface area contributed by atoms with Crippen molar-refractivity contribution in [3.05, 3.63) is 23.6 Å². The van der Waals surface area contributed by atoms with Crippen LogP contribution in [0.1, 0.15) is 32.6 Å². The molecule has 0 amide bonds. The summed E-state index contributed by atoms with van der Waals surface area (Å²) in [6.07, 6.45) is 4.50. The summed E-state index contributed by atoms with van der Waals surface area (Å²) >= 11 is 0. The summed E-state index contributed by atoms with van der Waals surface area (Å²) < 4.78 is 38.9. The van der Waals surface area contributed by atoms with Gasteiger partial charge in [0.25, 0.3) is 5.95 Å². The number of aromatic nitrogens is 1. The highest BCUT2D eigenvalue weighted by atomic mass is 19.2. The lowest BCUT2D eigenvalue weighted by Gasteiger charge is -2.26. The van der Waals surface area contributed by atoms with Gasteiger partial charge in [-0.25, -0.2) is 8.78 Å². The Labute approximate surface area is 105 Å². The lowest BCUT2D eigenvalue weighted by molar-refractivity contribution is 0.300. The topological polar surface area (TPSA) is 24.9 Å². The molecular formula is C13H17F3N2. The highest BCUT2D eigenvalue weighted by Gasteiger charge is 2.19. The molecule has 1 aliphatic rings. The molecule has 0 bridgehead atoms. The lowest BCUT2D eigenvalue weighted by Crippen LogP contribution is -2.21. The summed E-state index contributed by atoms with van der Waals surface area (Å²) in [6, 6.07) is 0.521. The van der Waals surface area contributed by atoms with E-state index in [1.165, 1.54) is 12.8 Å². The minimum atomic E-state index is -1.27. The van der Waals surface area contributed by atoms with Gasteiger partial charge in [0.2, 0.25) is 0 Å². The molecule has 0 saturated heterocycles. The van der Waals surface area contributed by atoms with Gasteiger partial charge in [-0.15, -0.1) is 0 Å². The van der Waals surface area contributed by atoms with E-state index in [1.807, 2.05) is 0 Å². The van der Waals surface area contributed by atoms with Crippen molar-refractivity contribution in [1.29, 1.82) is 0 Å². The molecule has 0 aliphatic heterocycles. The van der Waals surface area contributed by atoms with Crippen molar-refractivity contribution in [1.82, 2.24) is 4.98 Å². The van der Waals surface area contributed by atoms with Crippen LogP contribution in [0.25, 0.3) is 0 Å². The van der Waals surface area contributed by atoms with E-state index in [-0.39, 0.29) is 5.82 Å². The third-order valence-corrected chi connectivity index (χ3v) is 3.58. The maximum Gasteiger partial charge on any atom is 0.251 e. The van der Waals surface area contributed by atoms with Crippen molar-refractivity contribution < 1.29 is 13.2 Å². The highest BCUT2D eigenvalue weighted by Crippen LogP contribution is 2.28. The molecule has 1 heterocycles. The minimum Gasteiger partial charge on any atom is -0.367 e. The fraction of sp³-hybridized carbons (Fsp3) is 0.615. The standard InChI is InChI=1S/C13H17F3N2/c1-8-2-4-9(5-3-8)7-17-13-11(15)6-10(14)12(16)18-13/h6,8-9H,2-5,7H2,1H3,(H,17,18). The summed E-state index contributed by atoms with van der Waals surface area (Å²) in [4.78, 5) is 3.24. The van der Waals surface area contributed by atoms with Gasteiger partial charge >= 0.3 is 0 Å². The van der Waals surface area contributed by atoms with Crippen LogP contribution in [0, 0.1) is 29.4 Å². The van der Waals surface area contributed by atoms with Gasteiger partial charge in [0.15, 0.2) is 17.5 Å². The van der Waals surface area contributed by atoms with Crippen LogP contribution < -0.4 is 5.32 Å². The van der Waals surface area contributed by atoms with Crippen molar-refractivity contribution in [3.8, 4) is 0 Å². The van der Waals surface area contributed by atoms with E-state index >= 15 is 0 Å². The molecule has 0 unspecified atom stereocenters.